The minimum atomic E-state index is -0.556. The zero-order chi connectivity index (χ0) is 15.7. The maximum Gasteiger partial charge on any atom is 0.337 e. The normalized spacial score (nSPS) is 11.0. The van der Waals surface area contributed by atoms with Gasteiger partial charge in [0.05, 0.1) is 5.69 Å². The standard InChI is InChI=1S/C14H13N3O5/c1-3-8-5-10(18)21-13-11(8)12(19)15-14(16-13)20-6-9-4-7(2)17-22-9/h4-5H,3,6H2,1-2H3,(H,15,16,19). The van der Waals surface area contributed by atoms with Crippen LogP contribution < -0.4 is 15.9 Å². The Morgan fingerprint density at radius 3 is 2.82 bits per heavy atom. The van der Waals surface area contributed by atoms with E-state index in [0.717, 1.165) is 5.69 Å². The first-order valence-corrected chi connectivity index (χ1v) is 6.69. The molecule has 0 aliphatic heterocycles. The molecule has 0 saturated carbocycles. The summed E-state index contributed by atoms with van der Waals surface area (Å²) in [5, 5.41) is 3.98. The number of aromatic amines is 1. The molecule has 3 heterocycles. The number of rotatable bonds is 4. The van der Waals surface area contributed by atoms with E-state index in [0.29, 0.717) is 17.7 Å². The highest BCUT2D eigenvalue weighted by Crippen LogP contribution is 2.14. The second-order valence-corrected chi connectivity index (χ2v) is 4.72. The Morgan fingerprint density at radius 1 is 1.32 bits per heavy atom. The van der Waals surface area contributed by atoms with Crippen LogP contribution in [0, 0.1) is 6.92 Å². The van der Waals surface area contributed by atoms with Crippen molar-refractivity contribution in [3.05, 3.63) is 49.9 Å². The molecule has 0 spiro atoms. The van der Waals surface area contributed by atoms with Gasteiger partial charge in [0.25, 0.3) is 11.6 Å². The van der Waals surface area contributed by atoms with E-state index in [4.69, 9.17) is 13.7 Å². The molecule has 0 fully saturated rings. The average molecular weight is 303 g/mol. The van der Waals surface area contributed by atoms with Crippen molar-refractivity contribution in [3.8, 4) is 6.01 Å². The summed E-state index contributed by atoms with van der Waals surface area (Å²) in [6.07, 6.45) is 0.518. The molecule has 0 radical (unpaired) electrons. The van der Waals surface area contributed by atoms with Crippen LogP contribution in [0.1, 0.15) is 23.9 Å². The van der Waals surface area contributed by atoms with E-state index in [9.17, 15) is 9.59 Å². The fraction of sp³-hybridized carbons (Fsp3) is 0.286. The largest absolute Gasteiger partial charge is 0.456 e. The van der Waals surface area contributed by atoms with E-state index in [1.54, 1.807) is 13.0 Å². The van der Waals surface area contributed by atoms with Crippen LogP contribution in [0.25, 0.3) is 11.1 Å². The number of ether oxygens (including phenoxy) is 1. The Balaban J connectivity index is 1.98. The van der Waals surface area contributed by atoms with Gasteiger partial charge in [-0.25, -0.2) is 4.79 Å². The van der Waals surface area contributed by atoms with Gasteiger partial charge in [0.2, 0.25) is 5.71 Å². The van der Waals surface area contributed by atoms with E-state index >= 15 is 0 Å². The molecule has 3 aromatic rings. The number of H-pyrrole nitrogens is 1. The third kappa shape index (κ3) is 2.62. The molecule has 0 unspecified atom stereocenters. The lowest BCUT2D eigenvalue weighted by Gasteiger charge is -2.05. The molecule has 8 heteroatoms. The molecule has 0 bridgehead atoms. The summed E-state index contributed by atoms with van der Waals surface area (Å²) in [6.45, 7) is 3.67. The molecular weight excluding hydrogens is 290 g/mol. The van der Waals surface area contributed by atoms with Crippen molar-refractivity contribution in [1.82, 2.24) is 15.1 Å². The number of aromatic nitrogens is 3. The minimum Gasteiger partial charge on any atom is -0.456 e. The number of nitrogens with one attached hydrogen (secondary N) is 1. The summed E-state index contributed by atoms with van der Waals surface area (Å²) >= 11 is 0. The van der Waals surface area contributed by atoms with Gasteiger partial charge in [-0.05, 0) is 18.9 Å². The first-order chi connectivity index (χ1) is 10.6. The van der Waals surface area contributed by atoms with Gasteiger partial charge in [-0.2, -0.15) is 4.98 Å². The van der Waals surface area contributed by atoms with Crippen molar-refractivity contribution in [2.75, 3.05) is 0 Å². The van der Waals surface area contributed by atoms with E-state index in [-0.39, 0.29) is 23.7 Å². The predicted octanol–water partition coefficient (Wildman–Crippen LogP) is 1.31. The van der Waals surface area contributed by atoms with Crippen LogP contribution in [0.3, 0.4) is 0 Å². The van der Waals surface area contributed by atoms with E-state index in [2.05, 4.69) is 15.1 Å². The van der Waals surface area contributed by atoms with Crippen LogP contribution >= 0.6 is 0 Å². The van der Waals surface area contributed by atoms with Gasteiger partial charge >= 0.3 is 5.63 Å². The van der Waals surface area contributed by atoms with Crippen LogP contribution in [0.15, 0.2) is 30.7 Å². The summed E-state index contributed by atoms with van der Waals surface area (Å²) in [6, 6.07) is 2.94. The maximum atomic E-state index is 12.1. The number of nitrogens with zero attached hydrogens (tertiary/aromatic N) is 2. The van der Waals surface area contributed by atoms with E-state index in [1.807, 2.05) is 6.92 Å². The lowest BCUT2D eigenvalue weighted by Crippen LogP contribution is -2.15. The van der Waals surface area contributed by atoms with E-state index < -0.39 is 11.2 Å². The molecule has 22 heavy (non-hydrogen) atoms. The summed E-state index contributed by atoms with van der Waals surface area (Å²) in [4.78, 5) is 30.1. The Hall–Kier alpha value is -2.90. The predicted molar refractivity (Wildman–Crippen MR) is 75.8 cm³/mol. The van der Waals surface area contributed by atoms with Crippen LogP contribution in [0.5, 0.6) is 6.01 Å². The lowest BCUT2D eigenvalue weighted by atomic mass is 10.1. The Labute approximate surface area is 123 Å². The van der Waals surface area contributed by atoms with Crippen LogP contribution in [0.4, 0.5) is 0 Å². The van der Waals surface area contributed by atoms with Crippen LogP contribution in [-0.4, -0.2) is 15.1 Å². The first kappa shape index (κ1) is 14.1. The van der Waals surface area contributed by atoms with Crippen LogP contribution in [0.2, 0.25) is 0 Å². The fourth-order valence-corrected chi connectivity index (χ4v) is 2.10. The molecular formula is C14H13N3O5. The molecule has 1 N–H and O–H groups in total. The van der Waals surface area contributed by atoms with Gasteiger partial charge in [0.15, 0.2) is 12.4 Å². The van der Waals surface area contributed by atoms with Gasteiger partial charge in [0.1, 0.15) is 5.39 Å². The highest BCUT2D eigenvalue weighted by Gasteiger charge is 2.12. The molecule has 0 aliphatic rings. The zero-order valence-electron chi connectivity index (χ0n) is 12.0. The molecule has 0 aliphatic carbocycles. The first-order valence-electron chi connectivity index (χ1n) is 6.69. The SMILES string of the molecule is CCc1cc(=O)oc2nc(OCc3cc(C)no3)[nH]c(=O)c12. The quantitative estimate of drug-likeness (QED) is 0.773. The van der Waals surface area contributed by atoms with Gasteiger partial charge in [-0.3, -0.25) is 9.78 Å². The molecule has 3 rings (SSSR count). The Morgan fingerprint density at radius 2 is 2.14 bits per heavy atom. The fourth-order valence-electron chi connectivity index (χ4n) is 2.10. The van der Waals surface area contributed by atoms with E-state index in [1.165, 1.54) is 6.07 Å². The van der Waals surface area contributed by atoms with Gasteiger partial charge in [-0.1, -0.05) is 12.1 Å². The zero-order valence-corrected chi connectivity index (χ0v) is 12.0. The van der Waals surface area contributed by atoms with Crippen LogP contribution in [-0.2, 0) is 13.0 Å². The van der Waals surface area contributed by atoms with Crippen molar-refractivity contribution in [3.63, 3.8) is 0 Å². The summed E-state index contributed by atoms with van der Waals surface area (Å²) in [5.41, 5.74) is 0.278. The maximum absolute atomic E-state index is 12.1. The molecule has 0 amide bonds. The van der Waals surface area contributed by atoms with Crippen molar-refractivity contribution < 1.29 is 13.7 Å². The highest BCUT2D eigenvalue weighted by molar-refractivity contribution is 5.75. The third-order valence-electron chi connectivity index (χ3n) is 3.08. The number of hydrogen-bond donors (Lipinski definition) is 1. The van der Waals surface area contributed by atoms with Crippen molar-refractivity contribution in [2.24, 2.45) is 0 Å². The van der Waals surface area contributed by atoms with Gasteiger partial charge < -0.3 is 13.7 Å². The topological polar surface area (TPSA) is 111 Å². The van der Waals surface area contributed by atoms with Crippen molar-refractivity contribution >= 4 is 11.1 Å². The highest BCUT2D eigenvalue weighted by atomic mass is 16.5. The molecule has 114 valence electrons. The summed E-state index contributed by atoms with van der Waals surface area (Å²) < 4.78 is 15.3. The third-order valence-corrected chi connectivity index (χ3v) is 3.08. The van der Waals surface area contributed by atoms with Gasteiger partial charge in [0, 0.05) is 12.1 Å². The summed E-state index contributed by atoms with van der Waals surface area (Å²) in [5.74, 6) is 0.490. The minimum absolute atomic E-state index is 0.0446. The van der Waals surface area contributed by atoms with Gasteiger partial charge in [-0.15, -0.1) is 0 Å². The van der Waals surface area contributed by atoms with Crippen molar-refractivity contribution in [2.45, 2.75) is 26.9 Å². The monoisotopic (exact) mass is 303 g/mol. The molecule has 8 nitrogen and oxygen atoms in total. The Bertz CT molecular complexity index is 938. The number of aryl methyl sites for hydroxylation is 2. The van der Waals surface area contributed by atoms with Crippen molar-refractivity contribution in [1.29, 1.82) is 0 Å². The molecule has 0 saturated heterocycles. The molecule has 0 atom stereocenters. The smallest absolute Gasteiger partial charge is 0.337 e. The molecule has 0 aromatic carbocycles. The Kier molecular flexibility index (Phi) is 3.50. The average Bonchev–Trinajstić information content (AvgIpc) is 2.89. The number of hydrogen-bond acceptors (Lipinski definition) is 7. The second-order valence-electron chi connectivity index (χ2n) is 4.72. The number of fused-ring (bicyclic) bond motifs is 1. The second kappa shape index (κ2) is 5.47. The summed E-state index contributed by atoms with van der Waals surface area (Å²) in [7, 11) is 0. The lowest BCUT2D eigenvalue weighted by molar-refractivity contribution is 0.232. The molecule has 3 aromatic heterocycles.